The van der Waals surface area contributed by atoms with Crippen LogP contribution in [0.4, 0.5) is 0 Å². The smallest absolute Gasteiger partial charge is 0.361 e. The van der Waals surface area contributed by atoms with E-state index in [-0.39, 0.29) is 16.6 Å². The number of rotatable bonds is 5. The minimum absolute atomic E-state index is 0.0138. The van der Waals surface area contributed by atoms with Crippen LogP contribution in [0.3, 0.4) is 0 Å². The van der Waals surface area contributed by atoms with Crippen LogP contribution in [-0.2, 0) is 9.53 Å². The first-order valence-electron chi connectivity index (χ1n) is 6.74. The molecule has 1 heterocycles. The minimum Gasteiger partial charge on any atom is -0.505 e. The molecular formula is C15H15ClN2O5. The molecule has 1 amide bonds. The molecule has 0 atom stereocenters. The molecule has 0 spiro atoms. The lowest BCUT2D eigenvalue weighted by Crippen LogP contribution is -2.21. The number of amides is 1. The second kappa shape index (κ2) is 6.70. The number of halogens is 1. The van der Waals surface area contributed by atoms with E-state index in [0.29, 0.717) is 11.1 Å². The van der Waals surface area contributed by atoms with Gasteiger partial charge in [-0.05, 0) is 32.0 Å². The zero-order valence-electron chi connectivity index (χ0n) is 12.5. The van der Waals surface area contributed by atoms with Crippen molar-refractivity contribution in [3.8, 4) is 11.5 Å². The van der Waals surface area contributed by atoms with Crippen LogP contribution in [0.1, 0.15) is 24.3 Å². The maximum Gasteiger partial charge on any atom is 0.361 e. The van der Waals surface area contributed by atoms with E-state index in [2.05, 4.69) is 9.72 Å². The highest BCUT2D eigenvalue weighted by atomic mass is 35.5. The summed E-state index contributed by atoms with van der Waals surface area (Å²) < 4.78 is 10.2. The van der Waals surface area contributed by atoms with Crippen molar-refractivity contribution in [3.05, 3.63) is 29.0 Å². The fourth-order valence-corrected chi connectivity index (χ4v) is 2.18. The third kappa shape index (κ3) is 3.81. The molecule has 23 heavy (non-hydrogen) atoms. The Morgan fingerprint density at radius 3 is 2.65 bits per heavy atom. The molecule has 2 aromatic rings. The first kappa shape index (κ1) is 16.8. The molecule has 0 radical (unpaired) electrons. The Bertz CT molecular complexity index is 776. The first-order valence-corrected chi connectivity index (χ1v) is 7.11. The van der Waals surface area contributed by atoms with Crippen LogP contribution in [0.25, 0.3) is 10.8 Å². The van der Waals surface area contributed by atoms with Gasteiger partial charge in [0.2, 0.25) is 0 Å². The fraction of sp³-hybridized carbons (Fsp3) is 0.267. The monoisotopic (exact) mass is 338 g/mol. The topological polar surface area (TPSA) is 112 Å². The van der Waals surface area contributed by atoms with Crippen LogP contribution in [-0.4, -0.2) is 34.7 Å². The largest absolute Gasteiger partial charge is 0.505 e. The van der Waals surface area contributed by atoms with Crippen LogP contribution in [0.2, 0.25) is 5.15 Å². The number of ether oxygens (including phenoxy) is 2. The van der Waals surface area contributed by atoms with E-state index in [9.17, 15) is 14.7 Å². The summed E-state index contributed by atoms with van der Waals surface area (Å²) in [6, 6.07) is 4.85. The average Bonchev–Trinajstić information content (AvgIpc) is 2.47. The van der Waals surface area contributed by atoms with E-state index >= 15 is 0 Å². The minimum atomic E-state index is -1.000. The van der Waals surface area contributed by atoms with Gasteiger partial charge in [0.15, 0.2) is 18.1 Å². The Kier molecular flexibility index (Phi) is 4.90. The van der Waals surface area contributed by atoms with Crippen LogP contribution >= 0.6 is 11.6 Å². The molecule has 0 aliphatic rings. The van der Waals surface area contributed by atoms with Crippen molar-refractivity contribution in [3.63, 3.8) is 0 Å². The summed E-state index contributed by atoms with van der Waals surface area (Å²) in [7, 11) is 0. The molecule has 0 saturated heterocycles. The number of esters is 1. The number of pyridine rings is 1. The number of primary amides is 1. The number of hydrogen-bond acceptors (Lipinski definition) is 6. The Balaban J connectivity index is 2.48. The Labute approximate surface area is 137 Å². The van der Waals surface area contributed by atoms with Crippen LogP contribution in [0, 0.1) is 0 Å². The first-order chi connectivity index (χ1) is 10.8. The number of hydrogen-bond donors (Lipinski definition) is 2. The van der Waals surface area contributed by atoms with Gasteiger partial charge in [-0.1, -0.05) is 11.6 Å². The van der Waals surface area contributed by atoms with Gasteiger partial charge >= 0.3 is 5.97 Å². The summed E-state index contributed by atoms with van der Waals surface area (Å²) in [5.41, 5.74) is 4.50. The maximum atomic E-state index is 11.9. The average molecular weight is 339 g/mol. The van der Waals surface area contributed by atoms with Gasteiger partial charge in [0, 0.05) is 10.8 Å². The normalized spacial score (nSPS) is 10.8. The molecule has 1 aromatic heterocycles. The molecule has 0 aliphatic heterocycles. The van der Waals surface area contributed by atoms with Gasteiger partial charge < -0.3 is 20.3 Å². The van der Waals surface area contributed by atoms with Crippen molar-refractivity contribution >= 4 is 34.2 Å². The second-order valence-electron chi connectivity index (χ2n) is 5.02. The molecule has 0 bridgehead atoms. The van der Waals surface area contributed by atoms with Crippen molar-refractivity contribution in [2.45, 2.75) is 20.0 Å². The van der Waals surface area contributed by atoms with Crippen LogP contribution in [0.5, 0.6) is 11.5 Å². The van der Waals surface area contributed by atoms with Gasteiger partial charge in [0.05, 0.1) is 6.10 Å². The summed E-state index contributed by atoms with van der Waals surface area (Å²) >= 11 is 6.04. The molecule has 0 fully saturated rings. The van der Waals surface area contributed by atoms with E-state index in [1.807, 2.05) is 13.8 Å². The molecule has 122 valence electrons. The van der Waals surface area contributed by atoms with Crippen molar-refractivity contribution in [1.82, 2.24) is 4.98 Å². The predicted octanol–water partition coefficient (Wildman–Crippen LogP) is 2.02. The highest BCUT2D eigenvalue weighted by Gasteiger charge is 2.21. The van der Waals surface area contributed by atoms with Gasteiger partial charge in [-0.15, -0.1) is 0 Å². The molecule has 0 saturated carbocycles. The lowest BCUT2D eigenvalue weighted by Gasteiger charge is -2.12. The van der Waals surface area contributed by atoms with E-state index < -0.39 is 29.9 Å². The van der Waals surface area contributed by atoms with Crippen molar-refractivity contribution in [1.29, 1.82) is 0 Å². The Morgan fingerprint density at radius 2 is 2.04 bits per heavy atom. The molecule has 8 heteroatoms. The molecule has 0 aliphatic carbocycles. The third-order valence-corrected chi connectivity index (χ3v) is 3.10. The maximum absolute atomic E-state index is 11.9. The summed E-state index contributed by atoms with van der Waals surface area (Å²) in [5, 5.41) is 11.0. The fourth-order valence-electron chi connectivity index (χ4n) is 1.93. The highest BCUT2D eigenvalue weighted by Crippen LogP contribution is 2.35. The number of carbonyl (C=O) groups is 2. The van der Waals surface area contributed by atoms with Gasteiger partial charge in [-0.25, -0.2) is 9.78 Å². The molecule has 7 nitrogen and oxygen atoms in total. The molecule has 3 N–H and O–H groups in total. The predicted molar refractivity (Wildman–Crippen MR) is 83.7 cm³/mol. The summed E-state index contributed by atoms with van der Waals surface area (Å²) in [6.07, 6.45) is -0.0631. The van der Waals surface area contributed by atoms with Crippen molar-refractivity contribution in [2.75, 3.05) is 6.61 Å². The van der Waals surface area contributed by atoms with Gasteiger partial charge in [0.25, 0.3) is 5.91 Å². The highest BCUT2D eigenvalue weighted by molar-refractivity contribution is 6.34. The van der Waals surface area contributed by atoms with E-state index in [4.69, 9.17) is 22.1 Å². The number of aromatic hydroxyl groups is 1. The van der Waals surface area contributed by atoms with E-state index in [1.54, 1.807) is 18.2 Å². The second-order valence-corrected chi connectivity index (χ2v) is 5.37. The zero-order valence-corrected chi connectivity index (χ0v) is 13.3. The number of carbonyl (C=O) groups excluding carboxylic acids is 2. The van der Waals surface area contributed by atoms with Gasteiger partial charge in [-0.3, -0.25) is 4.79 Å². The standard InChI is InChI=1S/C15H15ClN2O5/c1-7(2)23-8-3-4-9-10(5-8)13(20)12(18-14(9)16)15(21)22-6-11(17)19/h3-5,7,20H,6H2,1-2H3,(H2,17,19). The summed E-state index contributed by atoms with van der Waals surface area (Å²) in [6.45, 7) is 3.10. The quantitative estimate of drug-likeness (QED) is 0.637. The molecule has 0 unspecified atom stereocenters. The van der Waals surface area contributed by atoms with Crippen LogP contribution in [0.15, 0.2) is 18.2 Å². The number of fused-ring (bicyclic) bond motifs is 1. The van der Waals surface area contributed by atoms with Gasteiger partial charge in [-0.2, -0.15) is 0 Å². The summed E-state index contributed by atoms with van der Waals surface area (Å²) in [5.74, 6) is -1.73. The summed E-state index contributed by atoms with van der Waals surface area (Å²) in [4.78, 5) is 26.4. The lowest BCUT2D eigenvalue weighted by atomic mass is 10.1. The Morgan fingerprint density at radius 1 is 1.35 bits per heavy atom. The number of nitrogens with zero attached hydrogens (tertiary/aromatic N) is 1. The van der Waals surface area contributed by atoms with Crippen molar-refractivity contribution in [2.24, 2.45) is 5.73 Å². The number of nitrogens with two attached hydrogens (primary N) is 1. The molecule has 1 aromatic carbocycles. The lowest BCUT2D eigenvalue weighted by molar-refractivity contribution is -0.121. The molecule has 2 rings (SSSR count). The van der Waals surface area contributed by atoms with Crippen LogP contribution < -0.4 is 10.5 Å². The van der Waals surface area contributed by atoms with Gasteiger partial charge in [0.1, 0.15) is 10.9 Å². The SMILES string of the molecule is CC(C)Oc1ccc2c(Cl)nc(C(=O)OCC(N)=O)c(O)c2c1. The number of aromatic nitrogens is 1. The van der Waals surface area contributed by atoms with Crippen molar-refractivity contribution < 1.29 is 24.2 Å². The zero-order chi connectivity index (χ0) is 17.1. The van der Waals surface area contributed by atoms with E-state index in [0.717, 1.165) is 0 Å². The van der Waals surface area contributed by atoms with E-state index in [1.165, 1.54) is 0 Å². The molecular weight excluding hydrogens is 324 g/mol. The third-order valence-electron chi connectivity index (χ3n) is 2.81. The Hall–Kier alpha value is -2.54. The number of benzene rings is 1.